The number of primary amides is 1. The minimum Gasteiger partial charge on any atom is -0.368 e. The Morgan fingerprint density at radius 1 is 1.61 bits per heavy atom. The van der Waals surface area contributed by atoms with Crippen molar-refractivity contribution in [2.24, 2.45) is 5.73 Å². The number of nitriles is 1. The second-order valence-electron chi connectivity index (χ2n) is 4.61. The minimum absolute atomic E-state index is 0.307. The SMILES string of the molecule is Cc1cc(N2CCCC2C(N)=O)c(C#N)c(C)n1. The summed E-state index contributed by atoms with van der Waals surface area (Å²) in [6.45, 7) is 4.45. The van der Waals surface area contributed by atoms with E-state index < -0.39 is 0 Å². The van der Waals surface area contributed by atoms with Crippen LogP contribution in [0.15, 0.2) is 6.07 Å². The Morgan fingerprint density at radius 2 is 2.33 bits per heavy atom. The molecule has 2 rings (SSSR count). The Labute approximate surface area is 106 Å². The molecule has 94 valence electrons. The molecule has 1 atom stereocenters. The van der Waals surface area contributed by atoms with Gasteiger partial charge in [-0.15, -0.1) is 0 Å². The molecule has 1 aromatic heterocycles. The highest BCUT2D eigenvalue weighted by molar-refractivity contribution is 5.85. The molecule has 2 heterocycles. The van der Waals surface area contributed by atoms with E-state index in [0.717, 1.165) is 30.8 Å². The van der Waals surface area contributed by atoms with Crippen molar-refractivity contribution in [1.29, 1.82) is 5.26 Å². The monoisotopic (exact) mass is 244 g/mol. The van der Waals surface area contributed by atoms with Crippen molar-refractivity contribution in [3.63, 3.8) is 0 Å². The van der Waals surface area contributed by atoms with Crippen molar-refractivity contribution in [2.45, 2.75) is 32.7 Å². The number of pyridine rings is 1. The number of carbonyl (C=O) groups excluding carboxylic acids is 1. The molecular weight excluding hydrogens is 228 g/mol. The standard InChI is InChI=1S/C13H16N4O/c1-8-6-12(10(7-14)9(2)16-8)17-5-3-4-11(17)13(15)18/h6,11H,3-5H2,1-2H3,(H2,15,18). The van der Waals surface area contributed by atoms with Gasteiger partial charge in [0.2, 0.25) is 5.91 Å². The summed E-state index contributed by atoms with van der Waals surface area (Å²) in [6.07, 6.45) is 1.67. The summed E-state index contributed by atoms with van der Waals surface area (Å²) in [5.41, 5.74) is 8.27. The second-order valence-corrected chi connectivity index (χ2v) is 4.61. The first-order chi connectivity index (χ1) is 8.54. The van der Waals surface area contributed by atoms with Crippen LogP contribution in [0.3, 0.4) is 0 Å². The van der Waals surface area contributed by atoms with Crippen LogP contribution in [0.25, 0.3) is 0 Å². The van der Waals surface area contributed by atoms with Crippen LogP contribution >= 0.6 is 0 Å². The Morgan fingerprint density at radius 3 is 2.94 bits per heavy atom. The van der Waals surface area contributed by atoms with Crippen LogP contribution in [-0.4, -0.2) is 23.5 Å². The summed E-state index contributed by atoms with van der Waals surface area (Å²) in [6, 6.07) is 3.72. The Hall–Kier alpha value is -2.09. The lowest BCUT2D eigenvalue weighted by molar-refractivity contribution is -0.119. The minimum atomic E-state index is -0.330. The van der Waals surface area contributed by atoms with Gasteiger partial charge in [0, 0.05) is 12.2 Å². The van der Waals surface area contributed by atoms with Crippen molar-refractivity contribution in [2.75, 3.05) is 11.4 Å². The van der Waals surface area contributed by atoms with Gasteiger partial charge in [0.15, 0.2) is 0 Å². The average molecular weight is 244 g/mol. The van der Waals surface area contributed by atoms with Crippen molar-refractivity contribution in [1.82, 2.24) is 4.98 Å². The molecule has 0 bridgehead atoms. The van der Waals surface area contributed by atoms with Crippen molar-refractivity contribution in [3.8, 4) is 6.07 Å². The number of nitrogens with two attached hydrogens (primary N) is 1. The van der Waals surface area contributed by atoms with Crippen molar-refractivity contribution >= 4 is 11.6 Å². The van der Waals surface area contributed by atoms with Crippen LogP contribution in [0.5, 0.6) is 0 Å². The van der Waals surface area contributed by atoms with Gasteiger partial charge in [-0.05, 0) is 32.8 Å². The van der Waals surface area contributed by atoms with E-state index in [4.69, 9.17) is 5.73 Å². The molecule has 0 aliphatic carbocycles. The lowest BCUT2D eigenvalue weighted by atomic mass is 10.1. The van der Waals surface area contributed by atoms with Gasteiger partial charge in [-0.1, -0.05) is 0 Å². The van der Waals surface area contributed by atoms with Crippen LogP contribution in [0.2, 0.25) is 0 Å². The molecule has 1 aliphatic rings. The van der Waals surface area contributed by atoms with Crippen LogP contribution in [0.1, 0.15) is 29.8 Å². The third kappa shape index (κ3) is 2.02. The maximum atomic E-state index is 11.4. The van der Waals surface area contributed by atoms with Gasteiger partial charge in [-0.25, -0.2) is 0 Å². The fourth-order valence-corrected chi connectivity index (χ4v) is 2.52. The highest BCUT2D eigenvalue weighted by Gasteiger charge is 2.31. The van der Waals surface area contributed by atoms with Gasteiger partial charge in [-0.3, -0.25) is 9.78 Å². The number of amides is 1. The number of carbonyl (C=O) groups is 1. The van der Waals surface area contributed by atoms with E-state index in [2.05, 4.69) is 11.1 Å². The number of hydrogen-bond donors (Lipinski definition) is 1. The zero-order valence-electron chi connectivity index (χ0n) is 10.6. The molecule has 1 unspecified atom stereocenters. The largest absolute Gasteiger partial charge is 0.368 e. The molecule has 1 aliphatic heterocycles. The van der Waals surface area contributed by atoms with E-state index in [9.17, 15) is 10.1 Å². The van der Waals surface area contributed by atoms with E-state index in [1.54, 1.807) is 0 Å². The second kappa shape index (κ2) is 4.65. The van der Waals surface area contributed by atoms with Crippen LogP contribution in [0, 0.1) is 25.2 Å². The van der Waals surface area contributed by atoms with Gasteiger partial charge in [0.25, 0.3) is 0 Å². The summed E-state index contributed by atoms with van der Waals surface area (Å²) >= 11 is 0. The molecule has 0 spiro atoms. The van der Waals surface area contributed by atoms with Crippen molar-refractivity contribution in [3.05, 3.63) is 23.0 Å². The maximum absolute atomic E-state index is 11.4. The lowest BCUT2D eigenvalue weighted by Gasteiger charge is -2.26. The van der Waals surface area contributed by atoms with Gasteiger partial charge in [0.1, 0.15) is 12.1 Å². The third-order valence-corrected chi connectivity index (χ3v) is 3.31. The molecule has 0 aromatic carbocycles. The smallest absolute Gasteiger partial charge is 0.240 e. The van der Waals surface area contributed by atoms with E-state index in [1.807, 2.05) is 24.8 Å². The van der Waals surface area contributed by atoms with E-state index in [-0.39, 0.29) is 11.9 Å². The molecule has 5 nitrogen and oxygen atoms in total. The first-order valence-electron chi connectivity index (χ1n) is 5.99. The van der Waals surface area contributed by atoms with E-state index in [0.29, 0.717) is 11.3 Å². The lowest BCUT2D eigenvalue weighted by Crippen LogP contribution is -2.40. The number of aryl methyl sites for hydroxylation is 2. The highest BCUT2D eigenvalue weighted by Crippen LogP contribution is 2.30. The topological polar surface area (TPSA) is 83.0 Å². The quantitative estimate of drug-likeness (QED) is 0.842. The first-order valence-corrected chi connectivity index (χ1v) is 5.99. The van der Waals surface area contributed by atoms with E-state index in [1.165, 1.54) is 0 Å². The zero-order valence-corrected chi connectivity index (χ0v) is 10.6. The molecule has 2 N–H and O–H groups in total. The van der Waals surface area contributed by atoms with Crippen molar-refractivity contribution < 1.29 is 4.79 Å². The Bertz CT molecular complexity index is 533. The van der Waals surface area contributed by atoms with E-state index >= 15 is 0 Å². The summed E-state index contributed by atoms with van der Waals surface area (Å²) in [7, 11) is 0. The number of aromatic nitrogens is 1. The molecule has 5 heteroatoms. The van der Waals surface area contributed by atoms with Gasteiger partial charge in [0.05, 0.1) is 16.9 Å². The predicted molar refractivity (Wildman–Crippen MR) is 68.0 cm³/mol. The maximum Gasteiger partial charge on any atom is 0.240 e. The molecule has 1 amide bonds. The van der Waals surface area contributed by atoms with Crippen LogP contribution < -0.4 is 10.6 Å². The fourth-order valence-electron chi connectivity index (χ4n) is 2.52. The zero-order chi connectivity index (χ0) is 13.3. The molecular formula is C13H16N4O. The number of nitrogens with zero attached hydrogens (tertiary/aromatic N) is 3. The highest BCUT2D eigenvalue weighted by atomic mass is 16.1. The van der Waals surface area contributed by atoms with Gasteiger partial charge in [-0.2, -0.15) is 5.26 Å². The molecule has 1 aromatic rings. The number of anilines is 1. The number of hydrogen-bond acceptors (Lipinski definition) is 4. The van der Waals surface area contributed by atoms with Crippen LogP contribution in [0.4, 0.5) is 5.69 Å². The summed E-state index contributed by atoms with van der Waals surface area (Å²) < 4.78 is 0. The van der Waals surface area contributed by atoms with Gasteiger partial charge >= 0.3 is 0 Å². The molecule has 1 fully saturated rings. The third-order valence-electron chi connectivity index (χ3n) is 3.31. The first kappa shape index (κ1) is 12.4. The number of rotatable bonds is 2. The molecule has 1 saturated heterocycles. The fraction of sp³-hybridized carbons (Fsp3) is 0.462. The Balaban J connectivity index is 2.51. The summed E-state index contributed by atoms with van der Waals surface area (Å²) in [4.78, 5) is 17.7. The van der Waals surface area contributed by atoms with Crippen LogP contribution in [-0.2, 0) is 4.79 Å². The summed E-state index contributed by atoms with van der Waals surface area (Å²) in [5, 5.41) is 9.24. The molecule has 18 heavy (non-hydrogen) atoms. The molecule has 0 radical (unpaired) electrons. The average Bonchev–Trinajstić information content (AvgIpc) is 2.76. The molecule has 0 saturated carbocycles. The summed E-state index contributed by atoms with van der Waals surface area (Å²) in [5.74, 6) is -0.330. The van der Waals surface area contributed by atoms with Gasteiger partial charge < -0.3 is 10.6 Å². The Kier molecular flexibility index (Phi) is 3.19. The normalized spacial score (nSPS) is 18.7. The predicted octanol–water partition coefficient (Wildman–Crippen LogP) is 1.02.